The van der Waals surface area contributed by atoms with E-state index in [2.05, 4.69) is 10.3 Å². The zero-order chi connectivity index (χ0) is 23.7. The van der Waals surface area contributed by atoms with Gasteiger partial charge in [0.25, 0.3) is 0 Å². The van der Waals surface area contributed by atoms with Crippen molar-refractivity contribution in [2.75, 3.05) is 5.32 Å². The Morgan fingerprint density at radius 2 is 1.84 bits per heavy atom. The van der Waals surface area contributed by atoms with Crippen LogP contribution in [0.15, 0.2) is 59.8 Å². The molecule has 0 saturated heterocycles. The molecule has 0 saturated carbocycles. The lowest BCUT2D eigenvalue weighted by atomic mass is 10.0. The maximum absolute atomic E-state index is 13.9. The summed E-state index contributed by atoms with van der Waals surface area (Å²) >= 11 is 5.89. The van der Waals surface area contributed by atoms with Crippen LogP contribution in [-0.2, 0) is 27.4 Å². The van der Waals surface area contributed by atoms with Crippen molar-refractivity contribution in [1.29, 1.82) is 0 Å². The molecular weight excluding hydrogens is 474 g/mol. The number of sulfonamides is 1. The first-order chi connectivity index (χ1) is 14.9. The molecule has 0 fully saturated rings. The summed E-state index contributed by atoms with van der Waals surface area (Å²) in [6, 6.07) is 8.09. The summed E-state index contributed by atoms with van der Waals surface area (Å²) in [5, 5.41) is 7.66. The zero-order valence-electron chi connectivity index (χ0n) is 16.0. The Labute approximate surface area is 185 Å². The minimum Gasteiger partial charge on any atom is -0.326 e. The van der Waals surface area contributed by atoms with Crippen LogP contribution in [0.5, 0.6) is 0 Å². The number of nitrogens with one attached hydrogen (secondary N) is 1. The molecule has 1 aromatic heterocycles. The molecule has 0 radical (unpaired) electrons. The summed E-state index contributed by atoms with van der Waals surface area (Å²) in [6.45, 7) is 0. The van der Waals surface area contributed by atoms with Crippen LogP contribution in [0, 0.1) is 5.82 Å². The van der Waals surface area contributed by atoms with Gasteiger partial charge in [-0.1, -0.05) is 23.7 Å². The largest absolute Gasteiger partial charge is 0.417 e. The molecule has 0 spiro atoms. The van der Waals surface area contributed by atoms with Crippen LogP contribution in [-0.4, -0.2) is 19.3 Å². The smallest absolute Gasteiger partial charge is 0.326 e. The van der Waals surface area contributed by atoms with E-state index in [1.54, 1.807) is 0 Å². The quantitative estimate of drug-likeness (QED) is 0.521. The van der Waals surface area contributed by atoms with Crippen molar-refractivity contribution in [1.82, 2.24) is 4.98 Å². The molecule has 6 nitrogen and oxygen atoms in total. The number of carbonyl (C=O) groups excluding carboxylic acids is 1. The van der Waals surface area contributed by atoms with Gasteiger partial charge in [-0.2, -0.15) is 13.2 Å². The van der Waals surface area contributed by atoms with Crippen LogP contribution >= 0.6 is 11.6 Å². The van der Waals surface area contributed by atoms with Gasteiger partial charge in [0.15, 0.2) is 0 Å². The summed E-state index contributed by atoms with van der Waals surface area (Å²) in [5.74, 6) is -1.39. The normalized spacial score (nSPS) is 11.9. The van der Waals surface area contributed by atoms with Gasteiger partial charge in [0.1, 0.15) is 5.82 Å². The van der Waals surface area contributed by atoms with Crippen LogP contribution in [0.1, 0.15) is 11.1 Å². The zero-order valence-corrected chi connectivity index (χ0v) is 17.5. The Kier molecular flexibility index (Phi) is 6.54. The van der Waals surface area contributed by atoms with E-state index in [-0.39, 0.29) is 27.4 Å². The molecular formula is C20H14ClF4N3O3S. The third-order valence-electron chi connectivity index (χ3n) is 4.35. The second-order valence-corrected chi connectivity index (χ2v) is 8.58. The maximum Gasteiger partial charge on any atom is 0.417 e. The fraction of sp³-hybridized carbons (Fsp3) is 0.100. The van der Waals surface area contributed by atoms with E-state index in [9.17, 15) is 30.8 Å². The van der Waals surface area contributed by atoms with Crippen molar-refractivity contribution in [2.45, 2.75) is 17.5 Å². The Morgan fingerprint density at radius 1 is 1.12 bits per heavy atom. The van der Waals surface area contributed by atoms with Crippen LogP contribution in [0.3, 0.4) is 0 Å². The van der Waals surface area contributed by atoms with E-state index in [4.69, 9.17) is 16.7 Å². The van der Waals surface area contributed by atoms with Crippen LogP contribution in [0.4, 0.5) is 23.2 Å². The number of pyridine rings is 1. The van der Waals surface area contributed by atoms with Crippen LogP contribution in [0.25, 0.3) is 11.1 Å². The number of nitrogens with zero attached hydrogens (tertiary/aromatic N) is 1. The summed E-state index contributed by atoms with van der Waals surface area (Å²) in [5.41, 5.74) is -1.42. The molecule has 0 atom stereocenters. The number of alkyl halides is 3. The number of primary sulfonamides is 1. The van der Waals surface area contributed by atoms with Gasteiger partial charge in [-0.15, -0.1) is 0 Å². The molecule has 0 aliphatic rings. The number of rotatable bonds is 5. The van der Waals surface area contributed by atoms with Gasteiger partial charge in [-0.25, -0.2) is 17.9 Å². The number of carbonyl (C=O) groups is 1. The van der Waals surface area contributed by atoms with Gasteiger partial charge in [0, 0.05) is 39.8 Å². The topological polar surface area (TPSA) is 102 Å². The number of hydrogen-bond donors (Lipinski definition) is 2. The van der Waals surface area contributed by atoms with Crippen molar-refractivity contribution in [3.8, 4) is 11.1 Å². The highest BCUT2D eigenvalue weighted by atomic mass is 35.5. The molecule has 3 aromatic rings. The second-order valence-electron chi connectivity index (χ2n) is 6.64. The number of aromatic nitrogens is 1. The minimum atomic E-state index is -4.69. The number of amides is 1. The highest BCUT2D eigenvalue weighted by Crippen LogP contribution is 2.34. The van der Waals surface area contributed by atoms with Crippen molar-refractivity contribution in [3.05, 3.63) is 76.8 Å². The van der Waals surface area contributed by atoms with Crippen LogP contribution < -0.4 is 10.5 Å². The summed E-state index contributed by atoms with van der Waals surface area (Å²) < 4.78 is 77.0. The highest BCUT2D eigenvalue weighted by Gasteiger charge is 2.31. The lowest BCUT2D eigenvalue weighted by Gasteiger charge is -2.13. The van der Waals surface area contributed by atoms with E-state index < -0.39 is 44.8 Å². The monoisotopic (exact) mass is 487 g/mol. The van der Waals surface area contributed by atoms with Crippen molar-refractivity contribution in [2.24, 2.45) is 5.14 Å². The van der Waals surface area contributed by atoms with E-state index in [1.165, 1.54) is 24.3 Å². The maximum atomic E-state index is 13.9. The first-order valence-electron chi connectivity index (χ1n) is 8.78. The molecule has 1 amide bonds. The van der Waals surface area contributed by atoms with E-state index >= 15 is 0 Å². The molecule has 0 aliphatic carbocycles. The molecule has 168 valence electrons. The SMILES string of the molecule is NS(=O)(=O)c1cc(NC(=O)Cc2c(F)cccc2Cl)ccc1-c1cncc(C(F)(F)F)c1. The molecule has 2 aromatic carbocycles. The molecule has 0 aliphatic heterocycles. The fourth-order valence-corrected chi connectivity index (χ4v) is 3.90. The molecule has 32 heavy (non-hydrogen) atoms. The van der Waals surface area contributed by atoms with Crippen molar-refractivity contribution < 1.29 is 30.8 Å². The van der Waals surface area contributed by atoms with E-state index in [0.29, 0.717) is 6.20 Å². The third-order valence-corrected chi connectivity index (χ3v) is 5.65. The minimum absolute atomic E-state index is 0.0184. The van der Waals surface area contributed by atoms with Gasteiger partial charge in [-0.05, 0) is 30.3 Å². The van der Waals surface area contributed by atoms with E-state index in [0.717, 1.165) is 24.4 Å². The summed E-state index contributed by atoms with van der Waals surface area (Å²) in [4.78, 5) is 15.3. The molecule has 3 N–H and O–H groups in total. The lowest BCUT2D eigenvalue weighted by Crippen LogP contribution is -2.17. The first-order valence-corrected chi connectivity index (χ1v) is 10.7. The Balaban J connectivity index is 1.95. The van der Waals surface area contributed by atoms with Gasteiger partial charge in [0.05, 0.1) is 16.9 Å². The number of anilines is 1. The lowest BCUT2D eigenvalue weighted by molar-refractivity contribution is -0.137. The second kappa shape index (κ2) is 8.85. The Bertz CT molecular complexity index is 1280. The van der Waals surface area contributed by atoms with E-state index in [1.807, 2.05) is 0 Å². The number of benzene rings is 2. The highest BCUT2D eigenvalue weighted by molar-refractivity contribution is 7.89. The van der Waals surface area contributed by atoms with Gasteiger partial charge in [-0.3, -0.25) is 9.78 Å². The van der Waals surface area contributed by atoms with Gasteiger partial charge >= 0.3 is 6.18 Å². The molecule has 0 unspecified atom stereocenters. The summed E-state index contributed by atoms with van der Waals surface area (Å²) in [6.07, 6.45) is -3.47. The average molecular weight is 488 g/mol. The molecule has 3 rings (SSSR count). The standard InChI is InChI=1S/C20H14ClF4N3O3S/c21-16-2-1-3-17(22)15(16)8-19(29)28-13-4-5-14(18(7-13)32(26,30)31)11-6-12(10-27-9-11)20(23,24)25/h1-7,9-10H,8H2,(H,28,29)(H2,26,30,31). The molecule has 12 heteroatoms. The number of halogens is 5. The first kappa shape index (κ1) is 23.6. The third kappa shape index (κ3) is 5.42. The Hall–Kier alpha value is -3.02. The molecule has 0 bridgehead atoms. The molecule has 1 heterocycles. The van der Waals surface area contributed by atoms with Crippen molar-refractivity contribution in [3.63, 3.8) is 0 Å². The van der Waals surface area contributed by atoms with Crippen LogP contribution in [0.2, 0.25) is 5.02 Å². The Morgan fingerprint density at radius 3 is 2.47 bits per heavy atom. The number of nitrogens with two attached hydrogens (primary N) is 1. The van der Waals surface area contributed by atoms with Crippen molar-refractivity contribution >= 4 is 33.2 Å². The average Bonchev–Trinajstić information content (AvgIpc) is 2.70. The predicted octanol–water partition coefficient (Wildman–Crippen LogP) is 4.39. The predicted molar refractivity (Wildman–Crippen MR) is 110 cm³/mol. The van der Waals surface area contributed by atoms with Gasteiger partial charge in [0.2, 0.25) is 15.9 Å². The fourth-order valence-electron chi connectivity index (χ4n) is 2.88. The van der Waals surface area contributed by atoms with Gasteiger partial charge < -0.3 is 5.32 Å². The number of hydrogen-bond acceptors (Lipinski definition) is 4. The summed E-state index contributed by atoms with van der Waals surface area (Å²) in [7, 11) is -4.40.